The van der Waals surface area contributed by atoms with Crippen LogP contribution in [-0.2, 0) is 27.6 Å². The summed E-state index contributed by atoms with van der Waals surface area (Å²) in [5.74, 6) is 0. The Hall–Kier alpha value is -0.660. The number of hydrogen-bond acceptors (Lipinski definition) is 4. The summed E-state index contributed by atoms with van der Waals surface area (Å²) in [4.78, 5) is 0.450. The summed E-state index contributed by atoms with van der Waals surface area (Å²) >= 11 is 0. The van der Waals surface area contributed by atoms with Gasteiger partial charge >= 0.3 is 0 Å². The molecule has 0 unspecified atom stereocenters. The zero-order valence-corrected chi connectivity index (χ0v) is 16.3. The molecule has 0 aromatic heterocycles. The Morgan fingerprint density at radius 1 is 1.12 bits per heavy atom. The van der Waals surface area contributed by atoms with Crippen molar-refractivity contribution in [3.8, 4) is 0 Å². The lowest BCUT2D eigenvalue weighted by Gasteiger charge is -2.31. The predicted molar refractivity (Wildman–Crippen MR) is 102 cm³/mol. The molecule has 3 rings (SSSR count). The lowest BCUT2D eigenvalue weighted by Crippen LogP contribution is -2.41. The van der Waals surface area contributed by atoms with Crippen LogP contribution in [-0.4, -0.2) is 45.1 Å². The van der Waals surface area contributed by atoms with Gasteiger partial charge in [-0.15, -0.1) is 12.4 Å². The number of sulfonamides is 1. The first-order valence-corrected chi connectivity index (χ1v) is 10.5. The normalized spacial score (nSPS) is 19.2. The molecule has 1 aliphatic heterocycles. The second-order valence-electron chi connectivity index (χ2n) is 6.75. The maximum atomic E-state index is 12.9. The van der Waals surface area contributed by atoms with Gasteiger partial charge in [0.2, 0.25) is 10.0 Å². The largest absolute Gasteiger partial charge is 0.378 e. The molecule has 142 valence electrons. The van der Waals surface area contributed by atoms with E-state index in [1.807, 2.05) is 12.1 Å². The minimum Gasteiger partial charge on any atom is -0.378 e. The number of nitrogens with two attached hydrogens (primary N) is 1. The molecule has 1 aromatic rings. The van der Waals surface area contributed by atoms with Crippen molar-refractivity contribution in [2.45, 2.75) is 55.9 Å². The van der Waals surface area contributed by atoms with Gasteiger partial charge in [0, 0.05) is 19.7 Å². The van der Waals surface area contributed by atoms with Crippen molar-refractivity contribution in [2.24, 2.45) is 5.73 Å². The molecule has 1 aliphatic carbocycles. The summed E-state index contributed by atoms with van der Waals surface area (Å²) in [7, 11) is -3.39. The molecule has 1 heterocycles. The van der Waals surface area contributed by atoms with Crippen LogP contribution < -0.4 is 5.73 Å². The van der Waals surface area contributed by atoms with Crippen LogP contribution in [0.3, 0.4) is 0 Å². The average molecular weight is 389 g/mol. The van der Waals surface area contributed by atoms with E-state index in [0.717, 1.165) is 38.5 Å². The topological polar surface area (TPSA) is 72.6 Å². The number of piperidine rings is 1. The highest BCUT2D eigenvalue weighted by atomic mass is 35.5. The summed E-state index contributed by atoms with van der Waals surface area (Å²) in [6.45, 7) is 2.36. The summed E-state index contributed by atoms with van der Waals surface area (Å²) in [5.41, 5.74) is 7.99. The van der Waals surface area contributed by atoms with Gasteiger partial charge in [-0.25, -0.2) is 8.42 Å². The van der Waals surface area contributed by atoms with Crippen LogP contribution in [0.1, 0.15) is 43.2 Å². The maximum absolute atomic E-state index is 12.9. The van der Waals surface area contributed by atoms with Crippen LogP contribution in [0, 0.1) is 0 Å². The van der Waals surface area contributed by atoms with Gasteiger partial charge in [0.1, 0.15) is 0 Å². The molecule has 0 saturated carbocycles. The Kier molecular flexibility index (Phi) is 7.70. The smallest absolute Gasteiger partial charge is 0.243 e. The first kappa shape index (κ1) is 20.6. The van der Waals surface area contributed by atoms with E-state index in [2.05, 4.69) is 0 Å². The Morgan fingerprint density at radius 2 is 1.80 bits per heavy atom. The summed E-state index contributed by atoms with van der Waals surface area (Å²) in [6, 6.07) is 5.68. The number of nitrogens with zero attached hydrogens (tertiary/aromatic N) is 1. The highest BCUT2D eigenvalue weighted by Crippen LogP contribution is 2.27. The molecule has 7 heteroatoms. The Morgan fingerprint density at radius 3 is 2.48 bits per heavy atom. The van der Waals surface area contributed by atoms with Crippen LogP contribution in [0.25, 0.3) is 0 Å². The van der Waals surface area contributed by atoms with Crippen molar-refractivity contribution in [3.63, 3.8) is 0 Å². The molecule has 2 N–H and O–H groups in total. The molecule has 0 atom stereocenters. The number of hydrogen-bond donors (Lipinski definition) is 1. The van der Waals surface area contributed by atoms with Gasteiger partial charge in [0.25, 0.3) is 0 Å². The molecule has 5 nitrogen and oxygen atoms in total. The lowest BCUT2D eigenvalue weighted by atomic mass is 9.92. The third-order valence-corrected chi connectivity index (χ3v) is 6.96. The summed E-state index contributed by atoms with van der Waals surface area (Å²) in [5, 5.41) is 0. The first-order valence-electron chi connectivity index (χ1n) is 9.05. The zero-order valence-electron chi connectivity index (χ0n) is 14.7. The van der Waals surface area contributed by atoms with Crippen molar-refractivity contribution < 1.29 is 13.2 Å². The predicted octanol–water partition coefficient (Wildman–Crippen LogP) is 2.51. The molecule has 0 bridgehead atoms. The fraction of sp³-hybridized carbons (Fsp3) is 0.667. The first-order chi connectivity index (χ1) is 11.6. The number of halogens is 1. The molecule has 1 saturated heterocycles. The number of fused-ring (bicyclic) bond motifs is 1. The molecule has 1 aromatic carbocycles. The molecule has 2 aliphatic rings. The maximum Gasteiger partial charge on any atom is 0.243 e. The van der Waals surface area contributed by atoms with Crippen molar-refractivity contribution in [1.29, 1.82) is 0 Å². The van der Waals surface area contributed by atoms with E-state index in [0.29, 0.717) is 31.1 Å². The third kappa shape index (κ3) is 4.95. The van der Waals surface area contributed by atoms with Crippen molar-refractivity contribution >= 4 is 22.4 Å². The van der Waals surface area contributed by atoms with Crippen LogP contribution >= 0.6 is 12.4 Å². The standard InChI is InChI=1S/C18H28N2O3S.ClH/c19-10-3-13-23-17-8-11-20(12-9-17)24(21,22)18-7-6-15-4-1-2-5-16(15)14-18;/h6-7,14,17H,1-5,8-13,19H2;1H. The zero-order chi connectivity index (χ0) is 17.0. The molecular weight excluding hydrogens is 360 g/mol. The minimum absolute atomic E-state index is 0. The van der Waals surface area contributed by atoms with Gasteiger partial charge < -0.3 is 10.5 Å². The number of ether oxygens (including phenoxy) is 1. The lowest BCUT2D eigenvalue weighted by molar-refractivity contribution is 0.0209. The van der Waals surface area contributed by atoms with E-state index < -0.39 is 10.0 Å². The molecular formula is C18H29ClN2O3S. The molecule has 0 spiro atoms. The summed E-state index contributed by atoms with van der Waals surface area (Å²) < 4.78 is 33.2. The van der Waals surface area contributed by atoms with E-state index in [1.165, 1.54) is 17.5 Å². The monoisotopic (exact) mass is 388 g/mol. The van der Waals surface area contributed by atoms with Crippen molar-refractivity contribution in [1.82, 2.24) is 4.31 Å². The van der Waals surface area contributed by atoms with Crippen LogP contribution in [0.15, 0.2) is 23.1 Å². The quantitative estimate of drug-likeness (QED) is 0.760. The molecule has 0 amide bonds. The Labute approximate surface area is 157 Å². The highest BCUT2D eigenvalue weighted by molar-refractivity contribution is 7.89. The molecule has 1 fully saturated rings. The van der Waals surface area contributed by atoms with Crippen LogP contribution in [0.2, 0.25) is 0 Å². The molecule has 0 radical (unpaired) electrons. The van der Waals surface area contributed by atoms with Crippen LogP contribution in [0.4, 0.5) is 0 Å². The SMILES string of the molecule is Cl.NCCCOC1CCN(S(=O)(=O)c2ccc3c(c2)CCCC3)CC1. The van der Waals surface area contributed by atoms with Gasteiger partial charge in [-0.3, -0.25) is 0 Å². The van der Waals surface area contributed by atoms with E-state index in [4.69, 9.17) is 10.5 Å². The van der Waals surface area contributed by atoms with E-state index in [-0.39, 0.29) is 18.5 Å². The van der Waals surface area contributed by atoms with Crippen LogP contribution in [0.5, 0.6) is 0 Å². The van der Waals surface area contributed by atoms with Crippen molar-refractivity contribution in [3.05, 3.63) is 29.3 Å². The number of aryl methyl sites for hydroxylation is 2. The Balaban J connectivity index is 0.00000225. The van der Waals surface area contributed by atoms with Gasteiger partial charge in [-0.2, -0.15) is 4.31 Å². The highest BCUT2D eigenvalue weighted by Gasteiger charge is 2.30. The van der Waals surface area contributed by atoms with Gasteiger partial charge in [-0.05, 0) is 74.8 Å². The Bertz CT molecular complexity index is 658. The van der Waals surface area contributed by atoms with E-state index in [1.54, 1.807) is 10.4 Å². The van der Waals surface area contributed by atoms with E-state index >= 15 is 0 Å². The second-order valence-corrected chi connectivity index (χ2v) is 8.69. The van der Waals surface area contributed by atoms with E-state index in [9.17, 15) is 8.42 Å². The fourth-order valence-corrected chi connectivity index (χ4v) is 5.11. The minimum atomic E-state index is -3.39. The third-order valence-electron chi connectivity index (χ3n) is 5.06. The van der Waals surface area contributed by atoms with Gasteiger partial charge in [0.15, 0.2) is 0 Å². The summed E-state index contributed by atoms with van der Waals surface area (Å²) in [6.07, 6.45) is 6.96. The average Bonchev–Trinajstić information content (AvgIpc) is 2.62. The van der Waals surface area contributed by atoms with Gasteiger partial charge in [0.05, 0.1) is 11.0 Å². The second kappa shape index (κ2) is 9.33. The van der Waals surface area contributed by atoms with Gasteiger partial charge in [-0.1, -0.05) is 6.07 Å². The molecule has 25 heavy (non-hydrogen) atoms. The number of rotatable bonds is 6. The number of benzene rings is 1. The fourth-order valence-electron chi connectivity index (χ4n) is 3.59. The van der Waals surface area contributed by atoms with Crippen molar-refractivity contribution in [2.75, 3.05) is 26.2 Å².